The standard InChI is InChI=1S/C15H25BrN2O2/c1-5-18(6-2)8-7-17-11-12-9-13(16)15(20-4)14(10-12)19-3/h9-10,17H,5-8,11H2,1-4H3. The Morgan fingerprint density at radius 2 is 1.85 bits per heavy atom. The molecule has 0 bridgehead atoms. The molecule has 0 aliphatic heterocycles. The monoisotopic (exact) mass is 344 g/mol. The lowest BCUT2D eigenvalue weighted by atomic mass is 10.2. The van der Waals surface area contributed by atoms with Gasteiger partial charge in [-0.25, -0.2) is 0 Å². The van der Waals surface area contributed by atoms with Crippen molar-refractivity contribution in [2.24, 2.45) is 0 Å². The van der Waals surface area contributed by atoms with E-state index in [9.17, 15) is 0 Å². The number of hydrogen-bond acceptors (Lipinski definition) is 4. The second kappa shape index (κ2) is 9.21. The maximum Gasteiger partial charge on any atom is 0.174 e. The number of halogens is 1. The van der Waals surface area contributed by atoms with Crippen LogP contribution in [0.15, 0.2) is 16.6 Å². The van der Waals surface area contributed by atoms with Gasteiger partial charge in [-0.1, -0.05) is 13.8 Å². The highest BCUT2D eigenvalue weighted by molar-refractivity contribution is 9.10. The van der Waals surface area contributed by atoms with Crippen LogP contribution in [0.4, 0.5) is 0 Å². The summed E-state index contributed by atoms with van der Waals surface area (Å²) in [5, 5.41) is 3.46. The van der Waals surface area contributed by atoms with Gasteiger partial charge in [0.1, 0.15) is 0 Å². The van der Waals surface area contributed by atoms with Crippen LogP contribution in [-0.2, 0) is 6.54 Å². The topological polar surface area (TPSA) is 33.7 Å². The zero-order valence-corrected chi connectivity index (χ0v) is 14.4. The van der Waals surface area contributed by atoms with E-state index in [0.717, 1.165) is 48.7 Å². The summed E-state index contributed by atoms with van der Waals surface area (Å²) in [6, 6.07) is 4.07. The minimum Gasteiger partial charge on any atom is -0.493 e. The molecule has 0 radical (unpaired) electrons. The van der Waals surface area contributed by atoms with Gasteiger partial charge in [-0.15, -0.1) is 0 Å². The molecule has 0 heterocycles. The van der Waals surface area contributed by atoms with Crippen LogP contribution in [0.5, 0.6) is 11.5 Å². The molecule has 1 aromatic rings. The molecule has 1 N–H and O–H groups in total. The molecule has 0 saturated heterocycles. The summed E-state index contributed by atoms with van der Waals surface area (Å²) in [6.45, 7) is 9.44. The van der Waals surface area contributed by atoms with Crippen molar-refractivity contribution in [1.82, 2.24) is 10.2 Å². The summed E-state index contributed by atoms with van der Waals surface area (Å²) in [6.07, 6.45) is 0. The van der Waals surface area contributed by atoms with E-state index < -0.39 is 0 Å². The van der Waals surface area contributed by atoms with E-state index in [4.69, 9.17) is 9.47 Å². The zero-order chi connectivity index (χ0) is 15.0. The number of methoxy groups -OCH3 is 2. The number of hydrogen-bond donors (Lipinski definition) is 1. The summed E-state index contributed by atoms with van der Waals surface area (Å²) >= 11 is 3.51. The van der Waals surface area contributed by atoms with Crippen LogP contribution >= 0.6 is 15.9 Å². The van der Waals surface area contributed by atoms with Crippen LogP contribution in [0.3, 0.4) is 0 Å². The van der Waals surface area contributed by atoms with E-state index in [1.807, 2.05) is 6.07 Å². The van der Waals surface area contributed by atoms with Gasteiger partial charge in [0.15, 0.2) is 11.5 Å². The van der Waals surface area contributed by atoms with Crippen molar-refractivity contribution in [2.75, 3.05) is 40.4 Å². The van der Waals surface area contributed by atoms with Gasteiger partial charge in [0.2, 0.25) is 0 Å². The fourth-order valence-corrected chi connectivity index (χ4v) is 2.73. The van der Waals surface area contributed by atoms with Crippen molar-refractivity contribution in [3.63, 3.8) is 0 Å². The second-order valence-corrected chi connectivity index (χ2v) is 5.37. The lowest BCUT2D eigenvalue weighted by Gasteiger charge is -2.18. The molecule has 0 fully saturated rings. The van der Waals surface area contributed by atoms with Crippen molar-refractivity contribution in [2.45, 2.75) is 20.4 Å². The third kappa shape index (κ3) is 4.96. The van der Waals surface area contributed by atoms with Crippen LogP contribution in [0.25, 0.3) is 0 Å². The molecule has 0 unspecified atom stereocenters. The van der Waals surface area contributed by atoms with Gasteiger partial charge in [0.25, 0.3) is 0 Å². The molecule has 114 valence electrons. The maximum atomic E-state index is 5.35. The van der Waals surface area contributed by atoms with Crippen molar-refractivity contribution in [1.29, 1.82) is 0 Å². The molecule has 20 heavy (non-hydrogen) atoms. The quantitative estimate of drug-likeness (QED) is 0.698. The summed E-state index contributed by atoms with van der Waals surface area (Å²) in [5.41, 5.74) is 1.18. The van der Waals surface area contributed by atoms with E-state index >= 15 is 0 Å². The molecule has 4 nitrogen and oxygen atoms in total. The largest absolute Gasteiger partial charge is 0.493 e. The van der Waals surface area contributed by atoms with E-state index in [0.29, 0.717) is 0 Å². The molecule has 5 heteroatoms. The lowest BCUT2D eigenvalue weighted by Crippen LogP contribution is -2.31. The first kappa shape index (κ1) is 17.3. The molecule has 1 rings (SSSR count). The molecule has 0 spiro atoms. The first-order valence-electron chi connectivity index (χ1n) is 6.99. The smallest absolute Gasteiger partial charge is 0.174 e. The van der Waals surface area contributed by atoms with Crippen molar-refractivity contribution >= 4 is 15.9 Å². The predicted octanol–water partition coefficient (Wildman–Crippen LogP) is 2.90. The van der Waals surface area contributed by atoms with Gasteiger partial charge in [0.05, 0.1) is 18.7 Å². The van der Waals surface area contributed by atoms with Crippen molar-refractivity contribution in [3.05, 3.63) is 22.2 Å². The van der Waals surface area contributed by atoms with E-state index in [-0.39, 0.29) is 0 Å². The van der Waals surface area contributed by atoms with Gasteiger partial charge in [-0.05, 0) is 46.7 Å². The number of rotatable bonds is 9. The number of nitrogens with one attached hydrogen (secondary N) is 1. The first-order chi connectivity index (χ1) is 9.65. The Morgan fingerprint density at radius 3 is 2.40 bits per heavy atom. The normalized spacial score (nSPS) is 10.9. The zero-order valence-electron chi connectivity index (χ0n) is 12.8. The summed E-state index contributed by atoms with van der Waals surface area (Å²) in [7, 11) is 3.30. The fraction of sp³-hybridized carbons (Fsp3) is 0.600. The molecular formula is C15H25BrN2O2. The Bertz CT molecular complexity index is 409. The molecule has 0 atom stereocenters. The Balaban J connectivity index is 2.54. The highest BCUT2D eigenvalue weighted by atomic mass is 79.9. The summed E-state index contributed by atoms with van der Waals surface area (Å²) < 4.78 is 11.6. The van der Waals surface area contributed by atoms with Gasteiger partial charge in [-0.2, -0.15) is 0 Å². The third-order valence-electron chi connectivity index (χ3n) is 3.32. The fourth-order valence-electron chi connectivity index (χ4n) is 2.08. The molecular weight excluding hydrogens is 320 g/mol. The van der Waals surface area contributed by atoms with Gasteiger partial charge >= 0.3 is 0 Å². The molecule has 0 aliphatic carbocycles. The maximum absolute atomic E-state index is 5.35. The highest BCUT2D eigenvalue weighted by Crippen LogP contribution is 2.36. The minimum atomic E-state index is 0.736. The number of likely N-dealkylation sites (N-methyl/N-ethyl adjacent to an activating group) is 1. The van der Waals surface area contributed by atoms with Crippen LogP contribution < -0.4 is 14.8 Å². The Hall–Kier alpha value is -0.780. The van der Waals surface area contributed by atoms with Crippen LogP contribution in [0, 0.1) is 0 Å². The van der Waals surface area contributed by atoms with Crippen LogP contribution in [0.1, 0.15) is 19.4 Å². The van der Waals surface area contributed by atoms with Gasteiger partial charge < -0.3 is 19.7 Å². The molecule has 0 saturated carbocycles. The second-order valence-electron chi connectivity index (χ2n) is 4.52. The molecule has 0 aliphatic rings. The highest BCUT2D eigenvalue weighted by Gasteiger charge is 2.10. The predicted molar refractivity (Wildman–Crippen MR) is 86.7 cm³/mol. The average molecular weight is 345 g/mol. The Labute approximate surface area is 130 Å². The van der Waals surface area contributed by atoms with Crippen LogP contribution in [0.2, 0.25) is 0 Å². The average Bonchev–Trinajstić information content (AvgIpc) is 2.46. The van der Waals surface area contributed by atoms with E-state index in [1.165, 1.54) is 5.56 Å². The molecule has 1 aromatic carbocycles. The summed E-state index contributed by atoms with van der Waals surface area (Å²) in [5.74, 6) is 1.49. The van der Waals surface area contributed by atoms with Gasteiger partial charge in [0, 0.05) is 19.6 Å². The van der Waals surface area contributed by atoms with Gasteiger partial charge in [-0.3, -0.25) is 0 Å². The Morgan fingerprint density at radius 1 is 1.15 bits per heavy atom. The third-order valence-corrected chi connectivity index (χ3v) is 3.91. The molecule has 0 aromatic heterocycles. The number of benzene rings is 1. The number of nitrogens with zero attached hydrogens (tertiary/aromatic N) is 1. The first-order valence-corrected chi connectivity index (χ1v) is 7.78. The summed E-state index contributed by atoms with van der Waals surface area (Å²) in [4.78, 5) is 2.40. The van der Waals surface area contributed by atoms with E-state index in [2.05, 4.69) is 46.1 Å². The molecule has 0 amide bonds. The van der Waals surface area contributed by atoms with Crippen molar-refractivity contribution < 1.29 is 9.47 Å². The number of ether oxygens (including phenoxy) is 2. The lowest BCUT2D eigenvalue weighted by molar-refractivity contribution is 0.302. The van der Waals surface area contributed by atoms with E-state index in [1.54, 1.807) is 14.2 Å². The minimum absolute atomic E-state index is 0.736. The Kier molecular flexibility index (Phi) is 7.95. The van der Waals surface area contributed by atoms with Crippen LogP contribution in [-0.4, -0.2) is 45.3 Å². The SMILES string of the molecule is CCN(CC)CCNCc1cc(Br)c(OC)c(OC)c1. The van der Waals surface area contributed by atoms with Crippen molar-refractivity contribution in [3.8, 4) is 11.5 Å².